The highest BCUT2D eigenvalue weighted by molar-refractivity contribution is 6.08. The summed E-state index contributed by atoms with van der Waals surface area (Å²) in [6.07, 6.45) is 0. The zero-order chi connectivity index (χ0) is 16.2. The van der Waals surface area contributed by atoms with Crippen molar-refractivity contribution in [3.8, 4) is 11.5 Å². The molecule has 3 rings (SSSR count). The Balaban J connectivity index is 0.00000208. The van der Waals surface area contributed by atoms with Gasteiger partial charge in [0.15, 0.2) is 0 Å². The summed E-state index contributed by atoms with van der Waals surface area (Å²) in [6.45, 7) is 2.11. The van der Waals surface area contributed by atoms with E-state index in [1.807, 2.05) is 24.3 Å². The number of halogens is 1. The van der Waals surface area contributed by atoms with Crippen LogP contribution in [0.2, 0.25) is 0 Å². The summed E-state index contributed by atoms with van der Waals surface area (Å²) in [5.41, 5.74) is 2.55. The quantitative estimate of drug-likeness (QED) is 0.926. The number of hydrogen-bond donors (Lipinski definition) is 1. The number of carbonyl (C=O) groups excluding carboxylic acids is 1. The molecule has 6 heteroatoms. The molecular formula is C18H21ClN2O3. The molecule has 1 aliphatic rings. The van der Waals surface area contributed by atoms with Gasteiger partial charge in [-0.15, -0.1) is 12.4 Å². The minimum absolute atomic E-state index is 0. The normalized spacial score (nSPS) is 13.3. The Hall–Kier alpha value is -2.24. The van der Waals surface area contributed by atoms with Crippen LogP contribution >= 0.6 is 12.4 Å². The van der Waals surface area contributed by atoms with Gasteiger partial charge in [-0.25, -0.2) is 0 Å². The summed E-state index contributed by atoms with van der Waals surface area (Å²) in [6, 6.07) is 13.2. The number of rotatable bonds is 3. The van der Waals surface area contributed by atoms with E-state index in [0.717, 1.165) is 24.3 Å². The fourth-order valence-corrected chi connectivity index (χ4v) is 2.80. The molecule has 0 spiro atoms. The van der Waals surface area contributed by atoms with Gasteiger partial charge in [-0.2, -0.15) is 0 Å². The van der Waals surface area contributed by atoms with E-state index in [1.165, 1.54) is 0 Å². The highest BCUT2D eigenvalue weighted by Crippen LogP contribution is 2.29. The predicted octanol–water partition coefficient (Wildman–Crippen LogP) is 2.88. The molecular weight excluding hydrogens is 328 g/mol. The molecule has 24 heavy (non-hydrogen) atoms. The standard InChI is InChI=1S/C18H20N2O3.ClH/c1-22-14-7-8-17(23-2)15(11-14)18(21)20-10-9-19-12-13-5-3-4-6-16(13)20;/h3-8,11,19H,9-10,12H2,1-2H3;1H. The van der Waals surface area contributed by atoms with E-state index in [1.54, 1.807) is 37.3 Å². The van der Waals surface area contributed by atoms with Gasteiger partial charge in [0.05, 0.1) is 19.8 Å². The topological polar surface area (TPSA) is 50.8 Å². The number of nitrogens with zero attached hydrogens (tertiary/aromatic N) is 1. The average Bonchev–Trinajstić information content (AvgIpc) is 2.83. The monoisotopic (exact) mass is 348 g/mol. The summed E-state index contributed by atoms with van der Waals surface area (Å²) in [7, 11) is 3.15. The molecule has 0 unspecified atom stereocenters. The lowest BCUT2D eigenvalue weighted by Gasteiger charge is -2.23. The van der Waals surface area contributed by atoms with Gasteiger partial charge in [-0.05, 0) is 29.8 Å². The van der Waals surface area contributed by atoms with Crippen molar-refractivity contribution < 1.29 is 14.3 Å². The summed E-state index contributed by atoms with van der Waals surface area (Å²) in [4.78, 5) is 14.9. The van der Waals surface area contributed by atoms with Crippen LogP contribution < -0.4 is 19.7 Å². The summed E-state index contributed by atoms with van der Waals surface area (Å²) >= 11 is 0. The van der Waals surface area contributed by atoms with Crippen LogP contribution in [0.5, 0.6) is 11.5 Å². The minimum Gasteiger partial charge on any atom is -0.497 e. The Kier molecular flexibility index (Phi) is 6.06. The zero-order valence-corrected chi connectivity index (χ0v) is 14.6. The molecule has 2 aromatic carbocycles. The molecule has 0 bridgehead atoms. The molecule has 0 aromatic heterocycles. The fraction of sp³-hybridized carbons (Fsp3) is 0.278. The first-order valence-electron chi connectivity index (χ1n) is 7.57. The van der Waals surface area contributed by atoms with Gasteiger partial charge in [0.1, 0.15) is 11.5 Å². The number of nitrogens with one attached hydrogen (secondary N) is 1. The first-order valence-corrected chi connectivity index (χ1v) is 7.57. The van der Waals surface area contributed by atoms with E-state index in [0.29, 0.717) is 23.6 Å². The number of benzene rings is 2. The van der Waals surface area contributed by atoms with Crippen molar-refractivity contribution >= 4 is 24.0 Å². The van der Waals surface area contributed by atoms with Gasteiger partial charge in [-0.1, -0.05) is 18.2 Å². The van der Waals surface area contributed by atoms with Gasteiger partial charge >= 0.3 is 0 Å². The number of amides is 1. The second-order valence-corrected chi connectivity index (χ2v) is 5.33. The Bertz CT molecular complexity index is 721. The predicted molar refractivity (Wildman–Crippen MR) is 96.6 cm³/mol. The second-order valence-electron chi connectivity index (χ2n) is 5.33. The van der Waals surface area contributed by atoms with Crippen molar-refractivity contribution in [2.75, 3.05) is 32.2 Å². The van der Waals surface area contributed by atoms with E-state index in [9.17, 15) is 4.79 Å². The molecule has 2 aromatic rings. The summed E-state index contributed by atoms with van der Waals surface area (Å²) in [5, 5.41) is 3.34. The number of anilines is 1. The highest BCUT2D eigenvalue weighted by Gasteiger charge is 2.24. The Morgan fingerprint density at radius 1 is 1.12 bits per heavy atom. The Labute approximate surface area is 148 Å². The first kappa shape index (κ1) is 18.1. The molecule has 0 radical (unpaired) electrons. The summed E-state index contributed by atoms with van der Waals surface area (Å²) in [5.74, 6) is 1.10. The van der Waals surface area contributed by atoms with E-state index in [2.05, 4.69) is 5.32 Å². The van der Waals surface area contributed by atoms with Gasteiger partial charge in [0, 0.05) is 25.3 Å². The third-order valence-electron chi connectivity index (χ3n) is 3.99. The maximum absolute atomic E-state index is 13.1. The molecule has 128 valence electrons. The van der Waals surface area contributed by atoms with Crippen LogP contribution in [0.15, 0.2) is 42.5 Å². The SMILES string of the molecule is COc1ccc(OC)c(C(=O)N2CCNCc3ccccc32)c1.Cl. The first-order chi connectivity index (χ1) is 11.2. The lowest BCUT2D eigenvalue weighted by molar-refractivity contribution is 0.0984. The van der Waals surface area contributed by atoms with Crippen LogP contribution in [0.25, 0.3) is 0 Å². The van der Waals surface area contributed by atoms with Gasteiger partial charge in [0.25, 0.3) is 5.91 Å². The maximum atomic E-state index is 13.1. The average molecular weight is 349 g/mol. The molecule has 1 heterocycles. The van der Waals surface area contributed by atoms with Crippen molar-refractivity contribution in [3.05, 3.63) is 53.6 Å². The minimum atomic E-state index is -0.0862. The van der Waals surface area contributed by atoms with Crippen LogP contribution in [-0.2, 0) is 6.54 Å². The van der Waals surface area contributed by atoms with Crippen LogP contribution in [0.4, 0.5) is 5.69 Å². The Morgan fingerprint density at radius 3 is 2.67 bits per heavy atom. The number of hydrogen-bond acceptors (Lipinski definition) is 4. The number of para-hydroxylation sites is 1. The molecule has 0 saturated heterocycles. The molecule has 0 atom stereocenters. The zero-order valence-electron chi connectivity index (χ0n) is 13.7. The molecule has 1 aliphatic heterocycles. The van der Waals surface area contributed by atoms with Gasteiger partial charge in [-0.3, -0.25) is 4.79 Å². The third kappa shape index (κ3) is 3.47. The van der Waals surface area contributed by atoms with Crippen molar-refractivity contribution in [1.29, 1.82) is 0 Å². The number of fused-ring (bicyclic) bond motifs is 1. The van der Waals surface area contributed by atoms with Crippen molar-refractivity contribution in [1.82, 2.24) is 5.32 Å². The van der Waals surface area contributed by atoms with Crippen LogP contribution in [-0.4, -0.2) is 33.2 Å². The lowest BCUT2D eigenvalue weighted by atomic mass is 10.1. The van der Waals surface area contributed by atoms with Crippen molar-refractivity contribution in [2.45, 2.75) is 6.54 Å². The van der Waals surface area contributed by atoms with Gasteiger partial charge in [0.2, 0.25) is 0 Å². The number of carbonyl (C=O) groups is 1. The second kappa shape index (κ2) is 8.04. The smallest absolute Gasteiger partial charge is 0.262 e. The fourth-order valence-electron chi connectivity index (χ4n) is 2.80. The molecule has 1 amide bonds. The van der Waals surface area contributed by atoms with E-state index in [4.69, 9.17) is 9.47 Å². The van der Waals surface area contributed by atoms with E-state index in [-0.39, 0.29) is 18.3 Å². The number of ether oxygens (including phenoxy) is 2. The maximum Gasteiger partial charge on any atom is 0.262 e. The molecule has 0 fully saturated rings. The third-order valence-corrected chi connectivity index (χ3v) is 3.99. The van der Waals surface area contributed by atoms with E-state index >= 15 is 0 Å². The molecule has 5 nitrogen and oxygen atoms in total. The summed E-state index contributed by atoms with van der Waals surface area (Å²) < 4.78 is 10.6. The van der Waals surface area contributed by atoms with Crippen LogP contribution in [0.1, 0.15) is 15.9 Å². The van der Waals surface area contributed by atoms with Crippen molar-refractivity contribution in [2.24, 2.45) is 0 Å². The van der Waals surface area contributed by atoms with Crippen LogP contribution in [0, 0.1) is 0 Å². The van der Waals surface area contributed by atoms with Crippen molar-refractivity contribution in [3.63, 3.8) is 0 Å². The van der Waals surface area contributed by atoms with Gasteiger partial charge < -0.3 is 19.7 Å². The lowest BCUT2D eigenvalue weighted by Crippen LogP contribution is -2.35. The van der Waals surface area contributed by atoms with Crippen LogP contribution in [0.3, 0.4) is 0 Å². The van der Waals surface area contributed by atoms with E-state index < -0.39 is 0 Å². The Morgan fingerprint density at radius 2 is 1.92 bits per heavy atom. The highest BCUT2D eigenvalue weighted by atomic mass is 35.5. The molecule has 1 N–H and O–H groups in total. The molecule has 0 aliphatic carbocycles. The largest absolute Gasteiger partial charge is 0.497 e. The molecule has 0 saturated carbocycles. The number of methoxy groups -OCH3 is 2.